The van der Waals surface area contributed by atoms with Gasteiger partial charge in [0, 0.05) is 18.7 Å². The van der Waals surface area contributed by atoms with Gasteiger partial charge in [-0.15, -0.1) is 0 Å². The molecule has 0 saturated carbocycles. The zero-order valence-corrected chi connectivity index (χ0v) is 15.3. The van der Waals surface area contributed by atoms with E-state index in [1.54, 1.807) is 18.2 Å². The minimum absolute atomic E-state index is 0.227. The van der Waals surface area contributed by atoms with Crippen LogP contribution in [0.4, 0.5) is 0 Å². The van der Waals surface area contributed by atoms with Gasteiger partial charge in [-0.3, -0.25) is 25.3 Å². The van der Waals surface area contributed by atoms with Crippen LogP contribution in [0.2, 0.25) is 0 Å². The molecule has 0 bridgehead atoms. The Balaban J connectivity index is 1.86. The predicted octanol–water partition coefficient (Wildman–Crippen LogP) is 1.44. The molecular formula is C18H27N3O4. The second kappa shape index (κ2) is 8.71. The fraction of sp³-hybridized carbons (Fsp3) is 0.556. The maximum Gasteiger partial charge on any atom is 0.269 e. The van der Waals surface area contributed by atoms with Gasteiger partial charge in [-0.05, 0) is 36.5 Å². The highest BCUT2D eigenvalue weighted by Crippen LogP contribution is 2.27. The summed E-state index contributed by atoms with van der Waals surface area (Å²) in [5, 5.41) is 0. The number of amides is 2. The Morgan fingerprint density at radius 2 is 1.72 bits per heavy atom. The van der Waals surface area contributed by atoms with Gasteiger partial charge in [0.05, 0.1) is 20.8 Å². The van der Waals surface area contributed by atoms with Gasteiger partial charge in [-0.25, -0.2) is 0 Å². The van der Waals surface area contributed by atoms with Crippen LogP contribution in [0.15, 0.2) is 18.2 Å². The molecule has 1 fully saturated rings. The van der Waals surface area contributed by atoms with Crippen molar-refractivity contribution in [3.63, 3.8) is 0 Å². The van der Waals surface area contributed by atoms with E-state index in [4.69, 9.17) is 9.47 Å². The van der Waals surface area contributed by atoms with Gasteiger partial charge in [0.2, 0.25) is 0 Å². The van der Waals surface area contributed by atoms with E-state index in [2.05, 4.69) is 29.6 Å². The van der Waals surface area contributed by atoms with Gasteiger partial charge in [0.15, 0.2) is 11.5 Å². The summed E-state index contributed by atoms with van der Waals surface area (Å²) in [4.78, 5) is 26.4. The SMILES string of the molecule is COc1ccc(C(=O)NNC(=O)CN2CC(C)CC(C)C2)cc1OC. The van der Waals surface area contributed by atoms with Crippen LogP contribution < -0.4 is 20.3 Å². The fourth-order valence-corrected chi connectivity index (χ4v) is 3.34. The number of benzene rings is 1. The topological polar surface area (TPSA) is 79.9 Å². The van der Waals surface area contributed by atoms with Crippen molar-refractivity contribution in [3.8, 4) is 11.5 Å². The molecule has 1 aliphatic rings. The number of nitrogens with zero attached hydrogens (tertiary/aromatic N) is 1. The monoisotopic (exact) mass is 349 g/mol. The highest BCUT2D eigenvalue weighted by Gasteiger charge is 2.23. The number of likely N-dealkylation sites (tertiary alicyclic amines) is 1. The molecule has 2 rings (SSSR count). The maximum atomic E-state index is 12.2. The van der Waals surface area contributed by atoms with Crippen molar-refractivity contribution in [2.24, 2.45) is 11.8 Å². The van der Waals surface area contributed by atoms with Crippen molar-refractivity contribution in [2.75, 3.05) is 33.9 Å². The van der Waals surface area contributed by atoms with Gasteiger partial charge < -0.3 is 9.47 Å². The molecule has 0 aliphatic carbocycles. The van der Waals surface area contributed by atoms with Crippen LogP contribution in [0.1, 0.15) is 30.6 Å². The lowest BCUT2D eigenvalue weighted by Crippen LogP contribution is -2.49. The highest BCUT2D eigenvalue weighted by atomic mass is 16.5. The lowest BCUT2D eigenvalue weighted by Gasteiger charge is -2.34. The first-order chi connectivity index (χ1) is 11.9. The third kappa shape index (κ3) is 5.35. The van der Waals surface area contributed by atoms with Crippen LogP contribution in [0.5, 0.6) is 11.5 Å². The highest BCUT2D eigenvalue weighted by molar-refractivity contribution is 5.96. The summed E-state index contributed by atoms with van der Waals surface area (Å²) in [6.45, 7) is 6.47. The van der Waals surface area contributed by atoms with Crippen molar-refractivity contribution in [3.05, 3.63) is 23.8 Å². The zero-order valence-electron chi connectivity index (χ0n) is 15.3. The summed E-state index contributed by atoms with van der Waals surface area (Å²) in [6.07, 6.45) is 1.19. The van der Waals surface area contributed by atoms with Crippen molar-refractivity contribution in [1.29, 1.82) is 0 Å². The van der Waals surface area contributed by atoms with Crippen LogP contribution in [-0.4, -0.2) is 50.6 Å². The molecule has 0 aromatic heterocycles. The van der Waals surface area contributed by atoms with Crippen molar-refractivity contribution in [2.45, 2.75) is 20.3 Å². The molecule has 1 saturated heterocycles. The van der Waals surface area contributed by atoms with Gasteiger partial charge in [-0.1, -0.05) is 13.8 Å². The molecule has 25 heavy (non-hydrogen) atoms. The van der Waals surface area contributed by atoms with E-state index in [1.165, 1.54) is 20.6 Å². The number of hydrogen-bond acceptors (Lipinski definition) is 5. The van der Waals surface area contributed by atoms with Crippen molar-refractivity contribution in [1.82, 2.24) is 15.8 Å². The Kier molecular flexibility index (Phi) is 6.64. The first-order valence-corrected chi connectivity index (χ1v) is 8.46. The molecule has 0 radical (unpaired) electrons. The Morgan fingerprint density at radius 1 is 1.08 bits per heavy atom. The van der Waals surface area contributed by atoms with E-state index >= 15 is 0 Å². The standard InChI is InChI=1S/C18H27N3O4/c1-12-7-13(2)10-21(9-12)11-17(22)19-20-18(23)14-5-6-15(24-3)16(8-14)25-4/h5-6,8,12-13H,7,9-11H2,1-4H3,(H,19,22)(H,20,23). The van der Waals surface area contributed by atoms with Gasteiger partial charge in [-0.2, -0.15) is 0 Å². The summed E-state index contributed by atoms with van der Waals surface area (Å²) in [6, 6.07) is 4.82. The molecule has 1 aliphatic heterocycles. The Labute approximate surface area is 148 Å². The quantitative estimate of drug-likeness (QED) is 0.787. The van der Waals surface area contributed by atoms with Crippen molar-refractivity contribution >= 4 is 11.8 Å². The van der Waals surface area contributed by atoms with Crippen LogP contribution in [0.3, 0.4) is 0 Å². The minimum Gasteiger partial charge on any atom is -0.493 e. The molecule has 1 heterocycles. The average molecular weight is 349 g/mol. The maximum absolute atomic E-state index is 12.2. The molecule has 7 heteroatoms. The van der Waals surface area contributed by atoms with E-state index in [0.29, 0.717) is 28.9 Å². The number of ether oxygens (including phenoxy) is 2. The lowest BCUT2D eigenvalue weighted by molar-refractivity contribution is -0.123. The second-order valence-electron chi connectivity index (χ2n) is 6.71. The Morgan fingerprint density at radius 3 is 2.32 bits per heavy atom. The fourth-order valence-electron chi connectivity index (χ4n) is 3.34. The number of hydrazine groups is 1. The first-order valence-electron chi connectivity index (χ1n) is 8.46. The van der Waals surface area contributed by atoms with E-state index in [1.807, 2.05) is 0 Å². The normalized spacial score (nSPS) is 20.6. The summed E-state index contributed by atoms with van der Waals surface area (Å²) >= 11 is 0. The third-order valence-corrected chi connectivity index (χ3v) is 4.27. The number of hydrogen-bond donors (Lipinski definition) is 2. The van der Waals surface area contributed by atoms with Crippen LogP contribution in [0, 0.1) is 11.8 Å². The summed E-state index contributed by atoms with van der Waals surface area (Å²) in [5.74, 6) is 1.52. The molecule has 0 spiro atoms. The van der Waals surface area contributed by atoms with E-state index < -0.39 is 5.91 Å². The number of piperidine rings is 1. The molecule has 1 aromatic rings. The lowest BCUT2D eigenvalue weighted by atomic mass is 9.92. The van der Waals surface area contributed by atoms with E-state index in [-0.39, 0.29) is 12.5 Å². The number of methoxy groups -OCH3 is 2. The number of carbonyl (C=O) groups is 2. The van der Waals surface area contributed by atoms with Crippen LogP contribution in [0.25, 0.3) is 0 Å². The third-order valence-electron chi connectivity index (χ3n) is 4.27. The summed E-state index contributed by atoms with van der Waals surface area (Å²) < 4.78 is 10.3. The smallest absolute Gasteiger partial charge is 0.269 e. The number of nitrogens with one attached hydrogen (secondary N) is 2. The van der Waals surface area contributed by atoms with Crippen LogP contribution >= 0.6 is 0 Å². The van der Waals surface area contributed by atoms with E-state index in [9.17, 15) is 9.59 Å². The molecule has 2 N–H and O–H groups in total. The molecule has 7 nitrogen and oxygen atoms in total. The van der Waals surface area contributed by atoms with Crippen LogP contribution in [-0.2, 0) is 4.79 Å². The second-order valence-corrected chi connectivity index (χ2v) is 6.71. The minimum atomic E-state index is -0.408. The molecule has 2 amide bonds. The Bertz CT molecular complexity index is 610. The van der Waals surface area contributed by atoms with Crippen molar-refractivity contribution < 1.29 is 19.1 Å². The number of carbonyl (C=O) groups excluding carboxylic acids is 2. The first kappa shape index (κ1) is 19.1. The summed E-state index contributed by atoms with van der Waals surface area (Å²) in [7, 11) is 3.03. The molecule has 2 unspecified atom stereocenters. The molecule has 2 atom stereocenters. The number of rotatable bonds is 5. The average Bonchev–Trinajstić information content (AvgIpc) is 2.58. The molecular weight excluding hydrogens is 322 g/mol. The molecule has 138 valence electrons. The Hall–Kier alpha value is -2.28. The van der Waals surface area contributed by atoms with Gasteiger partial charge in [0.25, 0.3) is 11.8 Å². The largest absolute Gasteiger partial charge is 0.493 e. The van der Waals surface area contributed by atoms with Gasteiger partial charge >= 0.3 is 0 Å². The van der Waals surface area contributed by atoms with Gasteiger partial charge in [0.1, 0.15) is 0 Å². The van der Waals surface area contributed by atoms with E-state index in [0.717, 1.165) is 13.1 Å². The predicted molar refractivity (Wildman–Crippen MR) is 94.5 cm³/mol. The molecule has 1 aromatic carbocycles. The summed E-state index contributed by atoms with van der Waals surface area (Å²) in [5.41, 5.74) is 5.28. The zero-order chi connectivity index (χ0) is 18.4.